The number of piperazine rings is 1. The zero-order valence-electron chi connectivity index (χ0n) is 18.0. The van der Waals surface area contributed by atoms with E-state index in [0.717, 1.165) is 10.9 Å². The molecular formula is C23H23ClN6O2. The van der Waals surface area contributed by atoms with Crippen LogP contribution in [0.4, 0.5) is 5.82 Å². The van der Waals surface area contributed by atoms with E-state index in [1.54, 1.807) is 60.2 Å². The molecular weight excluding hydrogens is 428 g/mol. The number of hydrogen-bond donors (Lipinski definition) is 0. The second-order valence-electron chi connectivity index (χ2n) is 7.89. The van der Waals surface area contributed by atoms with Gasteiger partial charge in [-0.1, -0.05) is 17.7 Å². The van der Waals surface area contributed by atoms with E-state index < -0.39 is 0 Å². The second kappa shape index (κ2) is 8.89. The van der Waals surface area contributed by atoms with E-state index in [0.29, 0.717) is 48.1 Å². The maximum atomic E-state index is 13.4. The number of carbonyl (C=O) groups is 2. The van der Waals surface area contributed by atoms with Crippen LogP contribution in [0, 0.1) is 11.3 Å². The van der Waals surface area contributed by atoms with E-state index in [1.165, 1.54) is 4.90 Å². The van der Waals surface area contributed by atoms with Crippen molar-refractivity contribution in [3.8, 4) is 6.07 Å². The van der Waals surface area contributed by atoms with Crippen molar-refractivity contribution in [2.24, 2.45) is 0 Å². The number of carbonyl (C=O) groups excluding carboxylic acids is 2. The first-order valence-electron chi connectivity index (χ1n) is 10.3. The second-order valence-corrected chi connectivity index (χ2v) is 8.32. The van der Waals surface area contributed by atoms with Crippen LogP contribution in [-0.2, 0) is 11.3 Å². The Kier molecular flexibility index (Phi) is 6.01. The van der Waals surface area contributed by atoms with E-state index in [4.69, 9.17) is 11.6 Å². The number of likely N-dealkylation sites (N-methyl/N-ethyl adjacent to an activating group) is 1. The number of nitriles is 1. The van der Waals surface area contributed by atoms with E-state index in [1.807, 2.05) is 11.0 Å². The minimum Gasteiger partial charge on any atom is -0.352 e. The van der Waals surface area contributed by atoms with Crippen LogP contribution in [0.3, 0.4) is 0 Å². The highest BCUT2D eigenvalue weighted by molar-refractivity contribution is 6.31. The monoisotopic (exact) mass is 450 g/mol. The summed E-state index contributed by atoms with van der Waals surface area (Å²) in [4.78, 5) is 35.4. The van der Waals surface area contributed by atoms with Gasteiger partial charge in [-0.2, -0.15) is 5.26 Å². The molecule has 2 aromatic heterocycles. The Balaban J connectivity index is 1.57. The van der Waals surface area contributed by atoms with Gasteiger partial charge in [0.25, 0.3) is 5.91 Å². The Morgan fingerprint density at radius 3 is 2.62 bits per heavy atom. The van der Waals surface area contributed by atoms with Crippen LogP contribution in [0.1, 0.15) is 15.9 Å². The van der Waals surface area contributed by atoms with Crippen LogP contribution < -0.4 is 4.90 Å². The van der Waals surface area contributed by atoms with Crippen LogP contribution in [0.2, 0.25) is 5.02 Å². The highest BCUT2D eigenvalue weighted by Gasteiger charge is 2.26. The van der Waals surface area contributed by atoms with Crippen molar-refractivity contribution < 1.29 is 9.59 Å². The Hall–Kier alpha value is -3.57. The van der Waals surface area contributed by atoms with Crippen molar-refractivity contribution in [2.75, 3.05) is 45.2 Å². The molecule has 3 aromatic rings. The Bertz CT molecular complexity index is 1220. The van der Waals surface area contributed by atoms with E-state index >= 15 is 0 Å². The Labute approximate surface area is 191 Å². The summed E-state index contributed by atoms with van der Waals surface area (Å²) in [6.45, 7) is 2.32. The van der Waals surface area contributed by atoms with Gasteiger partial charge in [-0.25, -0.2) is 4.98 Å². The number of rotatable bonds is 4. The number of nitrogens with zero attached hydrogens (tertiary/aromatic N) is 6. The van der Waals surface area contributed by atoms with E-state index in [2.05, 4.69) is 11.1 Å². The zero-order valence-corrected chi connectivity index (χ0v) is 18.7. The third-order valence-corrected chi connectivity index (χ3v) is 5.89. The topological polar surface area (TPSA) is 85.5 Å². The molecule has 0 spiro atoms. The predicted molar refractivity (Wildman–Crippen MR) is 123 cm³/mol. The Morgan fingerprint density at radius 1 is 1.19 bits per heavy atom. The molecule has 3 heterocycles. The lowest BCUT2D eigenvalue weighted by molar-refractivity contribution is -0.129. The fourth-order valence-electron chi connectivity index (χ4n) is 3.88. The van der Waals surface area contributed by atoms with Gasteiger partial charge < -0.3 is 19.3 Å². The van der Waals surface area contributed by atoms with Gasteiger partial charge in [-0.15, -0.1) is 0 Å². The van der Waals surface area contributed by atoms with Crippen LogP contribution in [-0.4, -0.2) is 71.4 Å². The number of halogens is 1. The zero-order chi connectivity index (χ0) is 22.8. The normalized spacial score (nSPS) is 13.8. The standard InChI is InChI=1S/C23H23ClN6O2/c1-27(2)21(31)15-30-14-19(18-6-5-17(24)12-20(18)30)23(32)29-10-8-28(9-11-29)22-16(13-25)4-3-7-26-22/h3-7,12,14H,8-11,15H2,1-2H3. The molecule has 8 nitrogen and oxygen atoms in total. The fourth-order valence-corrected chi connectivity index (χ4v) is 4.05. The minimum absolute atomic E-state index is 0.0712. The highest BCUT2D eigenvalue weighted by atomic mass is 35.5. The first kappa shape index (κ1) is 21.7. The van der Waals surface area contributed by atoms with Crippen molar-refractivity contribution in [3.05, 3.63) is 58.9 Å². The van der Waals surface area contributed by atoms with Crippen LogP contribution in [0.25, 0.3) is 10.9 Å². The molecule has 0 aliphatic carbocycles. The summed E-state index contributed by atoms with van der Waals surface area (Å²) in [7, 11) is 3.40. The molecule has 0 N–H and O–H groups in total. The molecule has 0 bridgehead atoms. The number of pyridine rings is 1. The maximum Gasteiger partial charge on any atom is 0.256 e. The van der Waals surface area contributed by atoms with E-state index in [-0.39, 0.29) is 18.4 Å². The summed E-state index contributed by atoms with van der Waals surface area (Å²) in [5, 5.41) is 10.7. The number of benzene rings is 1. The molecule has 1 saturated heterocycles. The van der Waals surface area contributed by atoms with Crippen LogP contribution >= 0.6 is 11.6 Å². The smallest absolute Gasteiger partial charge is 0.256 e. The molecule has 164 valence electrons. The average Bonchev–Trinajstić information content (AvgIpc) is 3.15. The Morgan fingerprint density at radius 2 is 1.94 bits per heavy atom. The van der Waals surface area contributed by atoms with Crippen molar-refractivity contribution in [1.29, 1.82) is 5.26 Å². The molecule has 2 amide bonds. The van der Waals surface area contributed by atoms with Gasteiger partial charge >= 0.3 is 0 Å². The number of amides is 2. The largest absolute Gasteiger partial charge is 0.352 e. The number of fused-ring (bicyclic) bond motifs is 1. The number of hydrogen-bond acceptors (Lipinski definition) is 5. The lowest BCUT2D eigenvalue weighted by Crippen LogP contribution is -2.49. The first-order valence-corrected chi connectivity index (χ1v) is 10.6. The quantitative estimate of drug-likeness (QED) is 0.610. The SMILES string of the molecule is CN(C)C(=O)Cn1cc(C(=O)N2CCN(c3ncccc3C#N)CC2)c2ccc(Cl)cc21. The molecule has 1 aliphatic rings. The van der Waals surface area contributed by atoms with E-state index in [9.17, 15) is 14.9 Å². The third-order valence-electron chi connectivity index (χ3n) is 5.65. The van der Waals surface area contributed by atoms with Gasteiger partial charge in [0.2, 0.25) is 5.91 Å². The predicted octanol–water partition coefficient (Wildman–Crippen LogP) is 2.61. The van der Waals surface area contributed by atoms with Crippen molar-refractivity contribution >= 4 is 40.1 Å². The van der Waals surface area contributed by atoms with Gasteiger partial charge in [0.15, 0.2) is 0 Å². The molecule has 0 saturated carbocycles. The lowest BCUT2D eigenvalue weighted by Gasteiger charge is -2.35. The summed E-state index contributed by atoms with van der Waals surface area (Å²) >= 11 is 6.19. The molecule has 0 atom stereocenters. The molecule has 9 heteroatoms. The molecule has 1 aliphatic heterocycles. The molecule has 4 rings (SSSR count). The summed E-state index contributed by atoms with van der Waals surface area (Å²) in [5.41, 5.74) is 1.83. The van der Waals surface area contributed by atoms with Gasteiger partial charge in [0.05, 0.1) is 16.6 Å². The van der Waals surface area contributed by atoms with Gasteiger partial charge in [0, 0.05) is 63.1 Å². The van der Waals surface area contributed by atoms with Gasteiger partial charge in [-0.3, -0.25) is 9.59 Å². The summed E-state index contributed by atoms with van der Waals surface area (Å²) in [6, 6.07) is 11.0. The fraction of sp³-hybridized carbons (Fsp3) is 0.304. The molecule has 1 fully saturated rings. The van der Waals surface area contributed by atoms with Crippen molar-refractivity contribution in [1.82, 2.24) is 19.4 Å². The molecule has 32 heavy (non-hydrogen) atoms. The third kappa shape index (κ3) is 4.12. The average molecular weight is 451 g/mol. The molecule has 1 aromatic carbocycles. The molecule has 0 unspecified atom stereocenters. The van der Waals surface area contributed by atoms with Crippen LogP contribution in [0.15, 0.2) is 42.7 Å². The molecule has 0 radical (unpaired) electrons. The van der Waals surface area contributed by atoms with Crippen molar-refractivity contribution in [3.63, 3.8) is 0 Å². The summed E-state index contributed by atoms with van der Waals surface area (Å²) in [6.07, 6.45) is 3.41. The minimum atomic E-state index is -0.0884. The summed E-state index contributed by atoms with van der Waals surface area (Å²) in [5.74, 6) is 0.489. The van der Waals surface area contributed by atoms with Gasteiger partial charge in [-0.05, 0) is 24.3 Å². The van der Waals surface area contributed by atoms with Crippen molar-refractivity contribution in [2.45, 2.75) is 6.54 Å². The number of aromatic nitrogens is 2. The first-order chi connectivity index (χ1) is 15.4. The maximum absolute atomic E-state index is 13.4. The highest BCUT2D eigenvalue weighted by Crippen LogP contribution is 2.27. The lowest BCUT2D eigenvalue weighted by atomic mass is 10.1. The summed E-state index contributed by atoms with van der Waals surface area (Å²) < 4.78 is 1.78. The van der Waals surface area contributed by atoms with Crippen LogP contribution in [0.5, 0.6) is 0 Å². The van der Waals surface area contributed by atoms with Gasteiger partial charge in [0.1, 0.15) is 18.4 Å². The number of anilines is 1.